The van der Waals surface area contributed by atoms with Crippen molar-refractivity contribution in [1.29, 1.82) is 0 Å². The number of carbonyl (C=O) groups is 1. The van der Waals surface area contributed by atoms with Crippen molar-refractivity contribution in [3.63, 3.8) is 0 Å². The van der Waals surface area contributed by atoms with Gasteiger partial charge in [-0.1, -0.05) is 30.8 Å². The maximum absolute atomic E-state index is 11.3. The van der Waals surface area contributed by atoms with E-state index in [1.165, 1.54) is 11.6 Å². The molecule has 3 aromatic rings. The molecule has 0 aliphatic rings. The second-order valence-electron chi connectivity index (χ2n) is 6.79. The normalized spacial score (nSPS) is 10.8. The largest absolute Gasteiger partial charge is 0.494 e. The third kappa shape index (κ3) is 5.22. The van der Waals surface area contributed by atoms with Crippen LogP contribution in [0.2, 0.25) is 0 Å². The van der Waals surface area contributed by atoms with Crippen molar-refractivity contribution in [2.75, 3.05) is 13.2 Å². The van der Waals surface area contributed by atoms with Gasteiger partial charge in [-0.05, 0) is 55.7 Å². The Hall–Kier alpha value is -3.08. The van der Waals surface area contributed by atoms with E-state index in [9.17, 15) is 4.79 Å². The lowest BCUT2D eigenvalue weighted by Crippen LogP contribution is -2.22. The molecular weight excluding hydrogens is 350 g/mol. The summed E-state index contributed by atoms with van der Waals surface area (Å²) in [5.74, 6) is 1.82. The second-order valence-corrected chi connectivity index (χ2v) is 6.79. The molecule has 0 spiro atoms. The maximum Gasteiger partial charge on any atom is 0.243 e. The summed E-state index contributed by atoms with van der Waals surface area (Å²) >= 11 is 0. The maximum atomic E-state index is 11.3. The van der Waals surface area contributed by atoms with Crippen LogP contribution in [0.3, 0.4) is 0 Å². The molecule has 3 rings (SSSR count). The number of hydrogen-bond donors (Lipinski definition) is 1. The van der Waals surface area contributed by atoms with Gasteiger partial charge in [-0.15, -0.1) is 0 Å². The van der Waals surface area contributed by atoms with E-state index in [1.807, 2.05) is 30.3 Å². The molecule has 0 aliphatic heterocycles. The van der Waals surface area contributed by atoms with Crippen molar-refractivity contribution in [1.82, 2.24) is 14.9 Å². The highest BCUT2D eigenvalue weighted by molar-refractivity contribution is 5.86. The van der Waals surface area contributed by atoms with Gasteiger partial charge in [0.15, 0.2) is 0 Å². The monoisotopic (exact) mass is 377 g/mol. The first-order chi connectivity index (χ1) is 13.7. The number of aryl methyl sites for hydroxylation is 3. The molecule has 146 valence electrons. The first kappa shape index (κ1) is 19.7. The van der Waals surface area contributed by atoms with Crippen LogP contribution in [0.1, 0.15) is 24.2 Å². The van der Waals surface area contributed by atoms with Crippen molar-refractivity contribution < 1.29 is 9.53 Å². The highest BCUT2D eigenvalue weighted by Gasteiger charge is 2.10. The minimum Gasteiger partial charge on any atom is -0.494 e. The zero-order valence-corrected chi connectivity index (χ0v) is 16.4. The fourth-order valence-corrected chi connectivity index (χ4v) is 3.21. The Morgan fingerprint density at radius 2 is 2.07 bits per heavy atom. The molecule has 0 radical (unpaired) electrons. The number of carbonyl (C=O) groups excluding carboxylic acids is 1. The van der Waals surface area contributed by atoms with Crippen LogP contribution in [0.15, 0.2) is 61.2 Å². The Morgan fingerprint density at radius 1 is 1.21 bits per heavy atom. The fourth-order valence-electron chi connectivity index (χ4n) is 3.21. The SMILES string of the molecule is C=CC(=O)NCCCc1nc2ccccc2n1CCCOc1cccc(C)c1. The van der Waals surface area contributed by atoms with Gasteiger partial charge in [0.25, 0.3) is 0 Å². The molecule has 0 bridgehead atoms. The summed E-state index contributed by atoms with van der Waals surface area (Å²) in [5, 5.41) is 2.82. The van der Waals surface area contributed by atoms with Crippen LogP contribution in [0.5, 0.6) is 5.75 Å². The van der Waals surface area contributed by atoms with Gasteiger partial charge >= 0.3 is 0 Å². The molecule has 1 heterocycles. The van der Waals surface area contributed by atoms with Crippen LogP contribution in [0.4, 0.5) is 0 Å². The van der Waals surface area contributed by atoms with Gasteiger partial charge < -0.3 is 14.6 Å². The quantitative estimate of drug-likeness (QED) is 0.428. The Kier molecular flexibility index (Phi) is 6.84. The first-order valence-corrected chi connectivity index (χ1v) is 9.71. The van der Waals surface area contributed by atoms with Crippen molar-refractivity contribution in [2.24, 2.45) is 0 Å². The third-order valence-electron chi connectivity index (χ3n) is 4.58. The second kappa shape index (κ2) is 9.74. The third-order valence-corrected chi connectivity index (χ3v) is 4.58. The van der Waals surface area contributed by atoms with E-state index in [1.54, 1.807) is 0 Å². The zero-order chi connectivity index (χ0) is 19.8. The van der Waals surface area contributed by atoms with Crippen LogP contribution in [0, 0.1) is 6.92 Å². The lowest BCUT2D eigenvalue weighted by Gasteiger charge is -2.11. The number of amides is 1. The van der Waals surface area contributed by atoms with Gasteiger partial charge in [0.2, 0.25) is 5.91 Å². The van der Waals surface area contributed by atoms with E-state index in [2.05, 4.69) is 41.6 Å². The summed E-state index contributed by atoms with van der Waals surface area (Å²) in [5.41, 5.74) is 3.35. The number of rotatable bonds is 10. The Balaban J connectivity index is 1.60. The van der Waals surface area contributed by atoms with Gasteiger partial charge in [0, 0.05) is 19.5 Å². The minimum atomic E-state index is -0.137. The van der Waals surface area contributed by atoms with E-state index in [-0.39, 0.29) is 5.91 Å². The van der Waals surface area contributed by atoms with Gasteiger partial charge in [-0.2, -0.15) is 0 Å². The Bertz CT molecular complexity index is 946. The number of benzene rings is 2. The summed E-state index contributed by atoms with van der Waals surface area (Å²) in [6.45, 7) is 7.65. The molecule has 2 aromatic carbocycles. The molecule has 0 atom stereocenters. The molecular formula is C23H27N3O2. The van der Waals surface area contributed by atoms with E-state index >= 15 is 0 Å². The predicted molar refractivity (Wildman–Crippen MR) is 113 cm³/mol. The number of nitrogens with zero attached hydrogens (tertiary/aromatic N) is 2. The number of para-hydroxylation sites is 2. The summed E-state index contributed by atoms with van der Waals surface area (Å²) < 4.78 is 8.15. The number of fused-ring (bicyclic) bond motifs is 1. The average Bonchev–Trinajstić information content (AvgIpc) is 3.06. The molecule has 0 saturated heterocycles. The van der Waals surface area contributed by atoms with Crippen LogP contribution in [-0.4, -0.2) is 28.6 Å². The van der Waals surface area contributed by atoms with E-state index in [0.717, 1.165) is 48.4 Å². The lowest BCUT2D eigenvalue weighted by molar-refractivity contribution is -0.116. The highest BCUT2D eigenvalue weighted by atomic mass is 16.5. The van der Waals surface area contributed by atoms with Crippen molar-refractivity contribution >= 4 is 16.9 Å². The lowest BCUT2D eigenvalue weighted by atomic mass is 10.2. The number of hydrogen-bond acceptors (Lipinski definition) is 3. The van der Waals surface area contributed by atoms with Gasteiger partial charge in [0.05, 0.1) is 17.6 Å². The molecule has 5 heteroatoms. The van der Waals surface area contributed by atoms with E-state index in [0.29, 0.717) is 13.2 Å². The smallest absolute Gasteiger partial charge is 0.243 e. The van der Waals surface area contributed by atoms with E-state index in [4.69, 9.17) is 9.72 Å². The van der Waals surface area contributed by atoms with E-state index < -0.39 is 0 Å². The van der Waals surface area contributed by atoms with Crippen molar-refractivity contribution in [2.45, 2.75) is 32.7 Å². The minimum absolute atomic E-state index is 0.137. The van der Waals surface area contributed by atoms with Gasteiger partial charge in [0.1, 0.15) is 11.6 Å². The topological polar surface area (TPSA) is 56.2 Å². The van der Waals surface area contributed by atoms with Crippen LogP contribution in [-0.2, 0) is 17.8 Å². The highest BCUT2D eigenvalue weighted by Crippen LogP contribution is 2.18. The molecule has 0 saturated carbocycles. The summed E-state index contributed by atoms with van der Waals surface area (Å²) in [6, 6.07) is 16.3. The van der Waals surface area contributed by atoms with Crippen molar-refractivity contribution in [3.8, 4) is 5.75 Å². The van der Waals surface area contributed by atoms with Gasteiger partial charge in [-0.25, -0.2) is 4.98 Å². The first-order valence-electron chi connectivity index (χ1n) is 9.71. The van der Waals surface area contributed by atoms with Crippen LogP contribution in [0.25, 0.3) is 11.0 Å². The predicted octanol–water partition coefficient (Wildman–Crippen LogP) is 4.05. The Morgan fingerprint density at radius 3 is 2.89 bits per heavy atom. The van der Waals surface area contributed by atoms with Crippen LogP contribution >= 0.6 is 0 Å². The van der Waals surface area contributed by atoms with Gasteiger partial charge in [-0.3, -0.25) is 4.79 Å². The molecule has 1 aromatic heterocycles. The number of ether oxygens (including phenoxy) is 1. The zero-order valence-electron chi connectivity index (χ0n) is 16.4. The summed E-state index contributed by atoms with van der Waals surface area (Å²) in [6.07, 6.45) is 3.84. The number of imidazole rings is 1. The molecule has 0 unspecified atom stereocenters. The molecule has 1 amide bonds. The molecule has 28 heavy (non-hydrogen) atoms. The fraction of sp³-hybridized carbons (Fsp3) is 0.304. The number of aromatic nitrogens is 2. The molecule has 5 nitrogen and oxygen atoms in total. The molecule has 0 aliphatic carbocycles. The molecule has 0 fully saturated rings. The number of nitrogens with one attached hydrogen (secondary N) is 1. The average molecular weight is 377 g/mol. The standard InChI is InChI=1S/C23H27N3O2/c1-3-23(27)24-14-7-13-22-25-20-11-4-5-12-21(20)26(22)15-8-16-28-19-10-6-9-18(2)17-19/h3-6,9-12,17H,1,7-8,13-16H2,2H3,(H,24,27). The van der Waals surface area contributed by atoms with Crippen molar-refractivity contribution in [3.05, 3.63) is 72.6 Å². The summed E-state index contributed by atoms with van der Waals surface area (Å²) in [7, 11) is 0. The Labute approximate surface area is 166 Å². The van der Waals surface area contributed by atoms with Crippen LogP contribution < -0.4 is 10.1 Å². The summed E-state index contributed by atoms with van der Waals surface area (Å²) in [4.78, 5) is 16.1. The molecule has 1 N–H and O–H groups in total.